The van der Waals surface area contributed by atoms with Crippen molar-refractivity contribution in [3.63, 3.8) is 0 Å². The molecule has 7 nitrogen and oxygen atoms in total. The van der Waals surface area contributed by atoms with Crippen molar-refractivity contribution in [1.82, 2.24) is 0 Å². The van der Waals surface area contributed by atoms with Gasteiger partial charge in [-0.25, -0.2) is 9.59 Å². The van der Waals surface area contributed by atoms with Crippen LogP contribution in [0.4, 0.5) is 0 Å². The first kappa shape index (κ1) is 27.4. The molecule has 0 spiro atoms. The first-order valence-electron chi connectivity index (χ1n) is 9.55. The lowest BCUT2D eigenvalue weighted by Gasteiger charge is -2.43. The highest BCUT2D eigenvalue weighted by Crippen LogP contribution is 2.30. The van der Waals surface area contributed by atoms with Crippen molar-refractivity contribution in [2.75, 3.05) is 0 Å². The van der Waals surface area contributed by atoms with Gasteiger partial charge in [-0.3, -0.25) is 0 Å². The van der Waals surface area contributed by atoms with Gasteiger partial charge in [-0.15, -0.1) is 0 Å². The minimum absolute atomic E-state index is 0.404. The predicted octanol–water partition coefficient (Wildman–Crippen LogP) is 4.44. The van der Waals surface area contributed by atoms with Gasteiger partial charge in [0.05, 0.1) is 6.10 Å². The number of ether oxygens (including phenoxy) is 1. The molecule has 0 aromatic rings. The molecule has 0 rings (SSSR count). The second-order valence-corrected chi connectivity index (χ2v) is 26.8. The number of aliphatic carboxylic acids is 1. The Morgan fingerprint density at radius 1 is 0.821 bits per heavy atom. The molecule has 0 aliphatic rings. The van der Waals surface area contributed by atoms with E-state index in [1.165, 1.54) is 0 Å². The van der Waals surface area contributed by atoms with E-state index in [0.29, 0.717) is 12.5 Å². The zero-order valence-electron chi connectivity index (χ0n) is 19.0. The molecule has 0 aromatic carbocycles. The van der Waals surface area contributed by atoms with Gasteiger partial charge in [-0.05, 0) is 72.3 Å². The van der Waals surface area contributed by atoms with Crippen LogP contribution in [0.2, 0.25) is 65.0 Å². The summed E-state index contributed by atoms with van der Waals surface area (Å²) in [6, 6.07) is 0.558. The highest BCUT2D eigenvalue weighted by molar-refractivity contribution is 6.90. The molecule has 0 bridgehead atoms. The van der Waals surface area contributed by atoms with Crippen molar-refractivity contribution in [2.45, 2.75) is 84.4 Å². The van der Waals surface area contributed by atoms with Crippen molar-refractivity contribution in [1.29, 1.82) is 0 Å². The lowest BCUT2D eigenvalue weighted by Crippen LogP contribution is -2.60. The van der Waals surface area contributed by atoms with Crippen LogP contribution in [0.15, 0.2) is 12.2 Å². The highest BCUT2D eigenvalue weighted by Gasteiger charge is 2.49. The van der Waals surface area contributed by atoms with E-state index in [1.54, 1.807) is 6.92 Å². The Labute approximate surface area is 174 Å². The van der Waals surface area contributed by atoms with Crippen molar-refractivity contribution in [2.24, 2.45) is 0 Å². The predicted molar refractivity (Wildman–Crippen MR) is 121 cm³/mol. The van der Waals surface area contributed by atoms with Crippen LogP contribution < -0.4 is 0 Å². The molecule has 0 amide bonds. The third-order valence-corrected chi connectivity index (χ3v) is 14.9. The van der Waals surface area contributed by atoms with Crippen LogP contribution in [0.3, 0.4) is 0 Å². The van der Waals surface area contributed by atoms with Crippen molar-refractivity contribution < 1.29 is 31.8 Å². The van der Waals surface area contributed by atoms with E-state index in [4.69, 9.17) is 22.2 Å². The molecule has 1 atom stereocenters. The second-order valence-electron chi connectivity index (χ2n) is 9.78. The molecule has 0 fully saturated rings. The lowest BCUT2D eigenvalue weighted by molar-refractivity contribution is -0.143. The molecule has 0 aliphatic heterocycles. The Morgan fingerprint density at radius 3 is 1.54 bits per heavy atom. The molecule has 0 heterocycles. The molecule has 164 valence electrons. The fourth-order valence-electron chi connectivity index (χ4n) is 2.43. The first-order chi connectivity index (χ1) is 12.3. The van der Waals surface area contributed by atoms with Crippen LogP contribution in [0.1, 0.15) is 13.3 Å². The molecule has 0 saturated carbocycles. The smallest absolute Gasteiger partial charge is 0.469 e. The fourth-order valence-corrected chi connectivity index (χ4v) is 17.2. The summed E-state index contributed by atoms with van der Waals surface area (Å²) in [7, 11) is -8.82. The van der Waals surface area contributed by atoms with E-state index in [0.717, 1.165) is 12.2 Å². The van der Waals surface area contributed by atoms with Crippen molar-refractivity contribution in [3.05, 3.63) is 12.2 Å². The molecule has 0 aliphatic carbocycles. The Kier molecular flexibility index (Phi) is 10.2. The van der Waals surface area contributed by atoms with E-state index >= 15 is 0 Å². The quantitative estimate of drug-likeness (QED) is 0.258. The standard InChI is InChI=1S/C17H38O7Si4/c1-15(21-17(20)12-11-16(18)19)13-14-28(22-25(2,3)4,23-26(5,6)7)24-27(8,9)10/h11-12,15H,13-14H2,1-10H3,(H,18,19). The Hall–Kier alpha value is -0.572. The molecule has 28 heavy (non-hydrogen) atoms. The summed E-state index contributed by atoms with van der Waals surface area (Å²) in [6.45, 7) is 20.9. The van der Waals surface area contributed by atoms with Crippen LogP contribution in [0.25, 0.3) is 0 Å². The van der Waals surface area contributed by atoms with E-state index in [1.807, 2.05) is 0 Å². The van der Waals surface area contributed by atoms with Crippen molar-refractivity contribution in [3.8, 4) is 0 Å². The first-order valence-corrected chi connectivity index (χ1v) is 21.7. The Morgan fingerprint density at radius 2 is 1.21 bits per heavy atom. The number of carbonyl (C=O) groups excluding carboxylic acids is 1. The van der Waals surface area contributed by atoms with Crippen LogP contribution >= 0.6 is 0 Å². The normalized spacial score (nSPS) is 14.9. The van der Waals surface area contributed by atoms with Gasteiger partial charge in [-0.1, -0.05) is 0 Å². The second kappa shape index (κ2) is 10.5. The third kappa shape index (κ3) is 14.4. The SMILES string of the molecule is CC(CC[Si](O[Si](C)(C)C)(O[Si](C)(C)C)O[Si](C)(C)C)OC(=O)C=CC(=O)O. The monoisotopic (exact) mass is 466 g/mol. The minimum atomic E-state index is -2.97. The van der Waals surface area contributed by atoms with Crippen LogP contribution in [-0.2, 0) is 26.7 Å². The number of carboxylic acid groups (broad SMARTS) is 1. The van der Waals surface area contributed by atoms with Gasteiger partial charge in [0.15, 0.2) is 25.0 Å². The molecule has 0 aromatic heterocycles. The molecule has 0 radical (unpaired) electrons. The third-order valence-electron chi connectivity index (χ3n) is 2.92. The number of rotatable bonds is 12. The summed E-state index contributed by atoms with van der Waals surface area (Å²) in [5.74, 6) is -1.86. The van der Waals surface area contributed by atoms with E-state index < -0.39 is 51.8 Å². The van der Waals surface area contributed by atoms with Crippen LogP contribution in [0.5, 0.6) is 0 Å². The van der Waals surface area contributed by atoms with Gasteiger partial charge in [0, 0.05) is 18.2 Å². The lowest BCUT2D eigenvalue weighted by atomic mass is 10.3. The summed E-state index contributed by atoms with van der Waals surface area (Å²) < 4.78 is 25.0. The zero-order valence-corrected chi connectivity index (χ0v) is 23.0. The topological polar surface area (TPSA) is 91.3 Å². The van der Waals surface area contributed by atoms with Gasteiger partial charge in [0.25, 0.3) is 0 Å². The average Bonchev–Trinajstić information content (AvgIpc) is 2.37. The summed E-state index contributed by atoms with van der Waals surface area (Å²) in [4.78, 5) is 22.3. The Balaban J connectivity index is 5.43. The summed E-state index contributed by atoms with van der Waals surface area (Å²) in [6.07, 6.45) is 1.81. The maximum atomic E-state index is 11.7. The highest BCUT2D eigenvalue weighted by atomic mass is 28.5. The van der Waals surface area contributed by atoms with Gasteiger partial charge < -0.3 is 22.2 Å². The Bertz CT molecular complexity index is 519. The number of carbonyl (C=O) groups is 2. The number of hydrogen-bond donors (Lipinski definition) is 1. The van der Waals surface area contributed by atoms with Crippen LogP contribution in [-0.4, -0.2) is 56.9 Å². The van der Waals surface area contributed by atoms with Gasteiger partial charge >= 0.3 is 20.7 Å². The number of hydrogen-bond acceptors (Lipinski definition) is 6. The number of carboxylic acids is 1. The zero-order chi connectivity index (χ0) is 22.4. The van der Waals surface area contributed by atoms with E-state index in [2.05, 4.69) is 58.9 Å². The maximum absolute atomic E-state index is 11.7. The minimum Gasteiger partial charge on any atom is -0.478 e. The molecule has 1 N–H and O–H groups in total. The van der Waals surface area contributed by atoms with Gasteiger partial charge in [0.2, 0.25) is 0 Å². The van der Waals surface area contributed by atoms with E-state index in [9.17, 15) is 9.59 Å². The maximum Gasteiger partial charge on any atom is 0.469 e. The van der Waals surface area contributed by atoms with Crippen LogP contribution in [0, 0.1) is 0 Å². The summed E-state index contributed by atoms with van der Waals surface area (Å²) in [5.41, 5.74) is 0. The molecular formula is C17H38O7Si4. The molecular weight excluding hydrogens is 429 g/mol. The molecule has 1 unspecified atom stereocenters. The number of esters is 1. The van der Waals surface area contributed by atoms with Gasteiger partial charge in [0.1, 0.15) is 0 Å². The largest absolute Gasteiger partial charge is 0.478 e. The molecule has 11 heteroatoms. The molecule has 0 saturated heterocycles. The van der Waals surface area contributed by atoms with Gasteiger partial charge in [-0.2, -0.15) is 0 Å². The summed E-state index contributed by atoms with van der Waals surface area (Å²) >= 11 is 0. The average molecular weight is 467 g/mol. The summed E-state index contributed by atoms with van der Waals surface area (Å²) in [5, 5.41) is 8.60. The fraction of sp³-hybridized carbons (Fsp3) is 0.765. The van der Waals surface area contributed by atoms with E-state index in [-0.39, 0.29) is 0 Å². The van der Waals surface area contributed by atoms with Crippen molar-refractivity contribution >= 4 is 45.7 Å².